The summed E-state index contributed by atoms with van der Waals surface area (Å²) in [6.45, 7) is 0. The molecule has 1 radical (unpaired) electrons. The van der Waals surface area contributed by atoms with Gasteiger partial charge in [-0.1, -0.05) is 0 Å². The molecule has 0 atom stereocenters. The molecule has 0 saturated carbocycles. The third-order valence-electron chi connectivity index (χ3n) is 1.27. The van der Waals surface area contributed by atoms with Crippen LogP contribution in [0.4, 0.5) is 0 Å². The molecule has 2 rings (SSSR count). The van der Waals surface area contributed by atoms with Gasteiger partial charge in [0.15, 0.2) is 0 Å². The Balaban J connectivity index is 2.92. The van der Waals surface area contributed by atoms with Crippen LogP contribution in [0.25, 0.3) is 11.2 Å². The van der Waals surface area contributed by atoms with E-state index in [9.17, 15) is 5.21 Å². The first kappa shape index (κ1) is 6.57. The molecular weight excluding hydrogens is 211 g/mol. The zero-order chi connectivity index (χ0) is 7.84. The Kier molecular flexibility index (Phi) is 1.30. The molecule has 0 fully saturated rings. The van der Waals surface area contributed by atoms with Crippen molar-refractivity contribution in [1.29, 1.82) is 0 Å². The number of hydrogen-bond donors (Lipinski definition) is 1. The van der Waals surface area contributed by atoms with Crippen LogP contribution in [-0.4, -0.2) is 40.9 Å². The molecule has 0 aliphatic rings. The zero-order valence-corrected chi connectivity index (χ0v) is 7.01. The predicted molar refractivity (Wildman–Crippen MR) is 37.9 cm³/mol. The fourth-order valence-corrected chi connectivity index (χ4v) is 1.19. The first-order chi connectivity index (χ1) is 5.29. The van der Waals surface area contributed by atoms with Crippen molar-refractivity contribution in [3.63, 3.8) is 0 Å². The fourth-order valence-electron chi connectivity index (χ4n) is 0.799. The van der Waals surface area contributed by atoms with Crippen LogP contribution in [0.1, 0.15) is 0 Å². The van der Waals surface area contributed by atoms with Crippen LogP contribution in [0.2, 0.25) is 0 Å². The number of hydrogen-bond acceptors (Lipinski definition) is 4. The predicted octanol–water partition coefficient (Wildman–Crippen LogP) is -1.14. The average molecular weight is 214 g/mol. The molecule has 0 bridgehead atoms. The number of fused-ring (bicyclic) bond motifs is 1. The molecule has 2 heterocycles. The van der Waals surface area contributed by atoms with Gasteiger partial charge in [0.1, 0.15) is 0 Å². The van der Waals surface area contributed by atoms with Gasteiger partial charge in [0, 0.05) is 0 Å². The molecule has 0 aliphatic carbocycles. The van der Waals surface area contributed by atoms with E-state index >= 15 is 0 Å². The van der Waals surface area contributed by atoms with Gasteiger partial charge in [0.05, 0.1) is 0 Å². The van der Waals surface area contributed by atoms with Crippen LogP contribution < -0.4 is 4.72 Å². The van der Waals surface area contributed by atoms with Crippen molar-refractivity contribution in [2.24, 2.45) is 0 Å². The monoisotopic (exact) mass is 215 g/mol. The molecule has 0 amide bonds. The molecule has 0 spiro atoms. The Morgan fingerprint density at radius 1 is 1.55 bits per heavy atom. The third-order valence-corrected chi connectivity index (χ3v) is 1.82. The quantitative estimate of drug-likeness (QED) is 0.444. The summed E-state index contributed by atoms with van der Waals surface area (Å²) in [5.74, 6) is 0. The van der Waals surface area contributed by atoms with Crippen LogP contribution in [0.15, 0.2) is 12.5 Å². The zero-order valence-electron chi connectivity index (χ0n) is 5.30. The van der Waals surface area contributed by atoms with Crippen LogP contribution in [0.3, 0.4) is 0 Å². The van der Waals surface area contributed by atoms with E-state index in [-0.39, 0.29) is 0 Å². The molecule has 0 aromatic carbocycles. The van der Waals surface area contributed by atoms with Gasteiger partial charge in [-0.2, -0.15) is 0 Å². The fraction of sp³-hybridized carbons (Fsp3) is 0. The first-order valence-electron chi connectivity index (χ1n) is 2.84. The standard InChI is InChI=1S/C5H3N4OSe/c10-9-4-3(8-5(9)11)1-6-2-7-4/h1-2,10H. The Bertz CT molecular complexity index is 398. The molecule has 11 heavy (non-hydrogen) atoms. The summed E-state index contributed by atoms with van der Waals surface area (Å²) in [5.41, 5.74) is 0.984. The van der Waals surface area contributed by atoms with Gasteiger partial charge in [-0.25, -0.2) is 0 Å². The van der Waals surface area contributed by atoms with Crippen molar-refractivity contribution in [3.05, 3.63) is 12.5 Å². The third kappa shape index (κ3) is 0.875. The van der Waals surface area contributed by atoms with E-state index in [1.165, 1.54) is 12.5 Å². The summed E-state index contributed by atoms with van der Waals surface area (Å²) >= 11 is 2.59. The summed E-state index contributed by atoms with van der Waals surface area (Å²) in [7, 11) is 0. The van der Waals surface area contributed by atoms with Gasteiger partial charge < -0.3 is 0 Å². The Morgan fingerprint density at radius 3 is 3.09 bits per heavy atom. The molecule has 0 saturated heterocycles. The van der Waals surface area contributed by atoms with Crippen LogP contribution in [-0.2, 0) is 0 Å². The normalized spacial score (nSPS) is 10.5. The number of aromatic nitrogens is 4. The van der Waals surface area contributed by atoms with Crippen molar-refractivity contribution < 1.29 is 5.21 Å². The van der Waals surface area contributed by atoms with Gasteiger partial charge in [-0.05, 0) is 0 Å². The Morgan fingerprint density at radius 2 is 2.36 bits per heavy atom. The van der Waals surface area contributed by atoms with Crippen LogP contribution in [0.5, 0.6) is 0 Å². The van der Waals surface area contributed by atoms with Crippen molar-refractivity contribution in [2.45, 2.75) is 0 Å². The molecular formula is C5H3N4OSe. The number of nitrogens with zero attached hydrogens (tertiary/aromatic N) is 4. The summed E-state index contributed by atoms with van der Waals surface area (Å²) in [4.78, 5) is 11.5. The second-order valence-electron chi connectivity index (χ2n) is 1.94. The molecule has 0 aliphatic heterocycles. The SMILES string of the molecule is On1c([Se])nc2cncnc21. The molecule has 2 aromatic rings. The van der Waals surface area contributed by atoms with E-state index in [0.717, 1.165) is 4.73 Å². The Labute approximate surface area is 69.9 Å². The van der Waals surface area contributed by atoms with Crippen LogP contribution in [0, 0.1) is 0 Å². The Hall–Kier alpha value is -1.13. The minimum absolute atomic E-state index is 0.389. The minimum atomic E-state index is 0.389. The van der Waals surface area contributed by atoms with E-state index in [4.69, 9.17) is 0 Å². The number of rotatable bonds is 0. The van der Waals surface area contributed by atoms with E-state index in [0.29, 0.717) is 15.9 Å². The molecule has 5 nitrogen and oxygen atoms in total. The average Bonchev–Trinajstić information content (AvgIpc) is 2.30. The molecule has 0 unspecified atom stereocenters. The van der Waals surface area contributed by atoms with E-state index in [1.807, 2.05) is 0 Å². The topological polar surface area (TPSA) is 63.8 Å². The van der Waals surface area contributed by atoms with Gasteiger partial charge in [-0.3, -0.25) is 0 Å². The second kappa shape index (κ2) is 2.18. The summed E-state index contributed by atoms with van der Waals surface area (Å²) < 4.78 is 1.28. The molecule has 6 heteroatoms. The summed E-state index contributed by atoms with van der Waals surface area (Å²) in [6, 6.07) is 0. The van der Waals surface area contributed by atoms with E-state index in [2.05, 4.69) is 31.0 Å². The summed E-state index contributed by atoms with van der Waals surface area (Å²) in [6.07, 6.45) is 2.89. The second-order valence-corrected chi connectivity index (χ2v) is 2.70. The van der Waals surface area contributed by atoms with Gasteiger partial charge in [0.2, 0.25) is 0 Å². The molecule has 1 N–H and O–H groups in total. The van der Waals surface area contributed by atoms with E-state index in [1.54, 1.807) is 0 Å². The van der Waals surface area contributed by atoms with E-state index < -0.39 is 0 Å². The van der Waals surface area contributed by atoms with Gasteiger partial charge in [-0.15, -0.1) is 0 Å². The van der Waals surface area contributed by atoms with Gasteiger partial charge in [0.25, 0.3) is 0 Å². The van der Waals surface area contributed by atoms with Crippen molar-refractivity contribution in [2.75, 3.05) is 0 Å². The maximum atomic E-state index is 9.23. The molecule has 55 valence electrons. The van der Waals surface area contributed by atoms with Crippen molar-refractivity contribution in [3.8, 4) is 0 Å². The van der Waals surface area contributed by atoms with Crippen molar-refractivity contribution in [1.82, 2.24) is 19.7 Å². The number of imidazole rings is 1. The maximum absolute atomic E-state index is 9.23. The first-order valence-corrected chi connectivity index (χ1v) is 3.69. The molecule has 2 aromatic heterocycles. The van der Waals surface area contributed by atoms with Crippen molar-refractivity contribution >= 4 is 31.9 Å². The summed E-state index contributed by atoms with van der Waals surface area (Å²) in [5, 5.41) is 9.23. The van der Waals surface area contributed by atoms with Gasteiger partial charge >= 0.3 is 69.3 Å². The van der Waals surface area contributed by atoms with Crippen LogP contribution >= 0.6 is 0 Å².